The van der Waals surface area contributed by atoms with Crippen LogP contribution in [0.1, 0.15) is 11.1 Å². The van der Waals surface area contributed by atoms with Crippen molar-refractivity contribution in [3.05, 3.63) is 65.5 Å². The van der Waals surface area contributed by atoms with E-state index in [0.717, 1.165) is 12.1 Å². The highest BCUT2D eigenvalue weighted by atomic mass is 19.1. The van der Waals surface area contributed by atoms with Crippen LogP contribution in [0.2, 0.25) is 0 Å². The number of nitrogens with one attached hydrogen (secondary N) is 1. The van der Waals surface area contributed by atoms with Crippen LogP contribution in [0.15, 0.2) is 48.5 Å². The number of hydrogen-bond acceptors (Lipinski definition) is 2. The van der Waals surface area contributed by atoms with E-state index >= 15 is 0 Å². The lowest BCUT2D eigenvalue weighted by atomic mass is 10.1. The first-order valence-corrected chi connectivity index (χ1v) is 5.89. The molecule has 1 N–H and O–H groups in total. The van der Waals surface area contributed by atoms with Gasteiger partial charge in [0.05, 0.1) is 0 Å². The van der Waals surface area contributed by atoms with Gasteiger partial charge in [-0.3, -0.25) is 0 Å². The molecule has 0 saturated carbocycles. The molecule has 0 aromatic heterocycles. The van der Waals surface area contributed by atoms with Gasteiger partial charge in [0.2, 0.25) is 0 Å². The summed E-state index contributed by atoms with van der Waals surface area (Å²) in [4.78, 5) is 0. The lowest BCUT2D eigenvalue weighted by Gasteiger charge is -2.07. The van der Waals surface area contributed by atoms with Gasteiger partial charge in [0.1, 0.15) is 18.2 Å². The summed E-state index contributed by atoms with van der Waals surface area (Å²) < 4.78 is 18.3. The van der Waals surface area contributed by atoms with Crippen LogP contribution in [0.25, 0.3) is 0 Å². The quantitative estimate of drug-likeness (QED) is 0.873. The number of rotatable bonds is 5. The molecule has 2 nitrogen and oxygen atoms in total. The molecule has 18 heavy (non-hydrogen) atoms. The zero-order chi connectivity index (χ0) is 12.8. The van der Waals surface area contributed by atoms with E-state index in [-0.39, 0.29) is 5.82 Å². The third-order valence-electron chi connectivity index (χ3n) is 2.59. The molecule has 2 aromatic rings. The van der Waals surface area contributed by atoms with Crippen molar-refractivity contribution < 1.29 is 9.13 Å². The van der Waals surface area contributed by atoms with E-state index in [2.05, 4.69) is 17.4 Å². The van der Waals surface area contributed by atoms with Gasteiger partial charge in [-0.2, -0.15) is 0 Å². The fraction of sp³-hybridized carbons (Fsp3) is 0.200. The summed E-state index contributed by atoms with van der Waals surface area (Å²) in [7, 11) is 1.92. The van der Waals surface area contributed by atoms with Gasteiger partial charge in [0.25, 0.3) is 0 Å². The Morgan fingerprint density at radius 2 is 1.78 bits per heavy atom. The van der Waals surface area contributed by atoms with Gasteiger partial charge >= 0.3 is 0 Å². The summed E-state index contributed by atoms with van der Waals surface area (Å²) in [5, 5.41) is 3.11. The van der Waals surface area contributed by atoms with Gasteiger partial charge < -0.3 is 10.1 Å². The molecule has 0 unspecified atom stereocenters. The van der Waals surface area contributed by atoms with E-state index in [1.165, 1.54) is 17.7 Å². The van der Waals surface area contributed by atoms with Crippen LogP contribution in [0.3, 0.4) is 0 Å². The predicted octanol–water partition coefficient (Wildman–Crippen LogP) is 3.12. The van der Waals surface area contributed by atoms with Crippen molar-refractivity contribution >= 4 is 0 Å². The summed E-state index contributed by atoms with van der Waals surface area (Å²) in [6.45, 7) is 1.33. The van der Waals surface area contributed by atoms with Crippen molar-refractivity contribution in [2.45, 2.75) is 13.2 Å². The summed E-state index contributed by atoms with van der Waals surface area (Å²) in [6, 6.07) is 14.2. The normalized spacial score (nSPS) is 10.3. The molecule has 0 aliphatic heterocycles. The Hall–Kier alpha value is -1.87. The van der Waals surface area contributed by atoms with Crippen molar-refractivity contribution in [2.24, 2.45) is 0 Å². The van der Waals surface area contributed by atoms with E-state index in [9.17, 15) is 4.39 Å². The van der Waals surface area contributed by atoms with Crippen molar-refractivity contribution in [3.63, 3.8) is 0 Å². The Bertz CT molecular complexity index is 496. The first-order chi connectivity index (χ1) is 8.78. The Morgan fingerprint density at radius 1 is 1.06 bits per heavy atom. The molecular weight excluding hydrogens is 229 g/mol. The molecule has 0 atom stereocenters. The molecule has 0 bridgehead atoms. The van der Waals surface area contributed by atoms with Crippen molar-refractivity contribution in [3.8, 4) is 5.75 Å². The monoisotopic (exact) mass is 245 g/mol. The Labute approximate surface area is 106 Å². The highest BCUT2D eigenvalue weighted by molar-refractivity contribution is 5.25. The molecule has 94 valence electrons. The van der Waals surface area contributed by atoms with Crippen LogP contribution >= 0.6 is 0 Å². The van der Waals surface area contributed by atoms with E-state index in [1.807, 2.05) is 19.2 Å². The standard InChI is InChI=1S/C15H16FNO/c1-17-10-12-3-2-4-13(9-12)11-18-15-7-5-14(16)6-8-15/h2-9,17H,10-11H2,1H3. The Kier molecular flexibility index (Phi) is 4.31. The van der Waals surface area contributed by atoms with Crippen LogP contribution in [-0.4, -0.2) is 7.05 Å². The number of benzene rings is 2. The van der Waals surface area contributed by atoms with Gasteiger partial charge in [-0.05, 0) is 42.4 Å². The third-order valence-corrected chi connectivity index (χ3v) is 2.59. The second-order valence-electron chi connectivity index (χ2n) is 4.09. The van der Waals surface area contributed by atoms with Gasteiger partial charge in [-0.1, -0.05) is 24.3 Å². The molecule has 0 aliphatic rings. The van der Waals surface area contributed by atoms with E-state index in [0.29, 0.717) is 12.4 Å². The van der Waals surface area contributed by atoms with E-state index in [4.69, 9.17) is 4.74 Å². The third kappa shape index (κ3) is 3.57. The lowest BCUT2D eigenvalue weighted by molar-refractivity contribution is 0.305. The minimum absolute atomic E-state index is 0.252. The topological polar surface area (TPSA) is 21.3 Å². The minimum atomic E-state index is -0.252. The molecule has 2 aromatic carbocycles. The van der Waals surface area contributed by atoms with Gasteiger partial charge in [-0.15, -0.1) is 0 Å². The van der Waals surface area contributed by atoms with Crippen LogP contribution in [0.5, 0.6) is 5.75 Å². The van der Waals surface area contributed by atoms with Crippen molar-refractivity contribution in [1.29, 1.82) is 0 Å². The van der Waals surface area contributed by atoms with Gasteiger partial charge in [0, 0.05) is 6.54 Å². The molecule has 0 aliphatic carbocycles. The fourth-order valence-corrected chi connectivity index (χ4v) is 1.73. The van der Waals surface area contributed by atoms with Crippen molar-refractivity contribution in [2.75, 3.05) is 7.05 Å². The summed E-state index contributed by atoms with van der Waals surface area (Å²) >= 11 is 0. The van der Waals surface area contributed by atoms with Crippen molar-refractivity contribution in [1.82, 2.24) is 5.32 Å². The maximum absolute atomic E-state index is 12.7. The maximum Gasteiger partial charge on any atom is 0.123 e. The average Bonchev–Trinajstić information content (AvgIpc) is 2.39. The highest BCUT2D eigenvalue weighted by Crippen LogP contribution is 2.14. The van der Waals surface area contributed by atoms with Crippen LogP contribution in [-0.2, 0) is 13.2 Å². The first kappa shape index (κ1) is 12.6. The summed E-state index contributed by atoms with van der Waals surface area (Å²) in [5.41, 5.74) is 2.32. The fourth-order valence-electron chi connectivity index (χ4n) is 1.73. The molecule has 0 fully saturated rings. The predicted molar refractivity (Wildman–Crippen MR) is 69.9 cm³/mol. The minimum Gasteiger partial charge on any atom is -0.489 e. The number of ether oxygens (including phenoxy) is 1. The molecule has 2 rings (SSSR count). The second kappa shape index (κ2) is 6.17. The Morgan fingerprint density at radius 3 is 2.50 bits per heavy atom. The molecule has 0 saturated heterocycles. The van der Waals surface area contributed by atoms with E-state index in [1.54, 1.807) is 12.1 Å². The first-order valence-electron chi connectivity index (χ1n) is 5.89. The summed E-state index contributed by atoms with van der Waals surface area (Å²) in [6.07, 6.45) is 0. The van der Waals surface area contributed by atoms with Gasteiger partial charge in [-0.25, -0.2) is 4.39 Å². The van der Waals surface area contributed by atoms with Crippen LogP contribution in [0.4, 0.5) is 4.39 Å². The lowest BCUT2D eigenvalue weighted by Crippen LogP contribution is -2.05. The van der Waals surface area contributed by atoms with E-state index < -0.39 is 0 Å². The molecular formula is C15H16FNO. The Balaban J connectivity index is 1.97. The summed E-state index contributed by atoms with van der Waals surface area (Å²) in [5.74, 6) is 0.425. The smallest absolute Gasteiger partial charge is 0.123 e. The highest BCUT2D eigenvalue weighted by Gasteiger charge is 1.98. The van der Waals surface area contributed by atoms with Crippen LogP contribution in [0, 0.1) is 5.82 Å². The number of hydrogen-bond donors (Lipinski definition) is 1. The SMILES string of the molecule is CNCc1cccc(COc2ccc(F)cc2)c1. The zero-order valence-electron chi connectivity index (χ0n) is 10.3. The van der Waals surface area contributed by atoms with Crippen LogP contribution < -0.4 is 10.1 Å². The molecule has 0 heterocycles. The molecule has 0 spiro atoms. The molecule has 0 radical (unpaired) electrons. The number of halogens is 1. The maximum atomic E-state index is 12.7. The molecule has 0 amide bonds. The molecule has 3 heteroatoms. The average molecular weight is 245 g/mol. The zero-order valence-corrected chi connectivity index (χ0v) is 10.3. The second-order valence-corrected chi connectivity index (χ2v) is 4.09. The van der Waals surface area contributed by atoms with Gasteiger partial charge in [0.15, 0.2) is 0 Å². The largest absolute Gasteiger partial charge is 0.489 e.